The molecule has 0 aromatic carbocycles. The maximum Gasteiger partial charge on any atom is 0.172 e. The van der Waals surface area contributed by atoms with Gasteiger partial charge < -0.3 is 9.47 Å². The lowest BCUT2D eigenvalue weighted by atomic mass is 10.0. The average molecular weight is 353 g/mol. The second-order valence-corrected chi connectivity index (χ2v) is 8.00. The van der Waals surface area contributed by atoms with E-state index in [0.29, 0.717) is 0 Å². The van der Waals surface area contributed by atoms with Crippen LogP contribution in [-0.2, 0) is 0 Å². The summed E-state index contributed by atoms with van der Waals surface area (Å²) in [7, 11) is 0. The molecule has 138 valence electrons. The van der Waals surface area contributed by atoms with Crippen LogP contribution in [0.2, 0.25) is 0 Å². The van der Waals surface area contributed by atoms with Crippen molar-refractivity contribution in [1.82, 2.24) is 0 Å². The standard InChI is InChI=1S/C21H36O2S/c1-3-4-5-6-7-8-9-10-11-12-13-14-15-19-18(2)22-20-16-24-17-21(20)23-19/h16-19H,3-15H2,1-2H3. The lowest BCUT2D eigenvalue weighted by Crippen LogP contribution is -2.37. The first kappa shape index (κ1) is 19.6. The molecular weight excluding hydrogens is 316 g/mol. The molecule has 3 heteroatoms. The smallest absolute Gasteiger partial charge is 0.172 e. The zero-order valence-corrected chi connectivity index (χ0v) is 16.5. The van der Waals surface area contributed by atoms with Gasteiger partial charge in [-0.15, -0.1) is 11.3 Å². The summed E-state index contributed by atoms with van der Waals surface area (Å²) in [6.45, 7) is 4.42. The normalized spacial score (nSPS) is 19.6. The minimum Gasteiger partial charge on any atom is -0.482 e. The van der Waals surface area contributed by atoms with E-state index in [0.717, 1.165) is 17.9 Å². The Morgan fingerprint density at radius 2 is 1.25 bits per heavy atom. The Kier molecular flexibility index (Phi) is 9.64. The maximum absolute atomic E-state index is 6.07. The van der Waals surface area contributed by atoms with Gasteiger partial charge in [-0.1, -0.05) is 77.6 Å². The molecule has 1 aliphatic heterocycles. The third kappa shape index (κ3) is 7.04. The van der Waals surface area contributed by atoms with E-state index in [1.807, 2.05) is 5.38 Å². The molecular formula is C21H36O2S. The van der Waals surface area contributed by atoms with Crippen LogP contribution in [-0.4, -0.2) is 12.2 Å². The van der Waals surface area contributed by atoms with Gasteiger partial charge in [-0.05, 0) is 19.8 Å². The Labute approximate surface area is 152 Å². The second-order valence-electron chi connectivity index (χ2n) is 7.26. The third-order valence-electron chi connectivity index (χ3n) is 5.05. The predicted molar refractivity (Wildman–Crippen MR) is 105 cm³/mol. The van der Waals surface area contributed by atoms with E-state index >= 15 is 0 Å². The quantitative estimate of drug-likeness (QED) is 0.345. The minimum atomic E-state index is 0.180. The summed E-state index contributed by atoms with van der Waals surface area (Å²) in [6.07, 6.45) is 18.3. The summed E-state index contributed by atoms with van der Waals surface area (Å²) in [5, 5.41) is 4.09. The first-order valence-electron chi connectivity index (χ1n) is 10.2. The van der Waals surface area contributed by atoms with Crippen LogP contribution in [0.5, 0.6) is 11.5 Å². The van der Waals surface area contributed by atoms with Gasteiger partial charge in [0.05, 0.1) is 0 Å². The van der Waals surface area contributed by atoms with E-state index in [4.69, 9.17) is 9.47 Å². The molecule has 0 N–H and O–H groups in total. The molecule has 2 atom stereocenters. The van der Waals surface area contributed by atoms with Gasteiger partial charge in [0.1, 0.15) is 12.2 Å². The fourth-order valence-electron chi connectivity index (χ4n) is 3.46. The molecule has 0 saturated heterocycles. The zero-order valence-electron chi connectivity index (χ0n) is 15.7. The predicted octanol–water partition coefficient (Wildman–Crippen LogP) is 7.37. The Bertz CT molecular complexity index is 429. The molecule has 0 spiro atoms. The van der Waals surface area contributed by atoms with E-state index in [1.165, 1.54) is 77.0 Å². The fourth-order valence-corrected chi connectivity index (χ4v) is 4.12. The van der Waals surface area contributed by atoms with Crippen molar-refractivity contribution in [2.24, 2.45) is 0 Å². The highest BCUT2D eigenvalue weighted by atomic mass is 32.1. The van der Waals surface area contributed by atoms with Crippen molar-refractivity contribution < 1.29 is 9.47 Å². The molecule has 0 aliphatic carbocycles. The van der Waals surface area contributed by atoms with Crippen molar-refractivity contribution >= 4 is 11.3 Å². The summed E-state index contributed by atoms with van der Waals surface area (Å²) in [5.74, 6) is 1.88. The van der Waals surface area contributed by atoms with Gasteiger partial charge in [0.2, 0.25) is 0 Å². The van der Waals surface area contributed by atoms with Gasteiger partial charge in [-0.3, -0.25) is 0 Å². The number of fused-ring (bicyclic) bond motifs is 1. The number of thiophene rings is 1. The highest BCUT2D eigenvalue weighted by molar-refractivity contribution is 7.08. The summed E-state index contributed by atoms with van der Waals surface area (Å²) < 4.78 is 12.0. The van der Waals surface area contributed by atoms with Crippen molar-refractivity contribution in [2.45, 2.75) is 110 Å². The van der Waals surface area contributed by atoms with Gasteiger partial charge in [0.15, 0.2) is 11.5 Å². The van der Waals surface area contributed by atoms with Crippen LogP contribution in [0.25, 0.3) is 0 Å². The van der Waals surface area contributed by atoms with E-state index in [-0.39, 0.29) is 12.2 Å². The molecule has 1 aromatic rings. The van der Waals surface area contributed by atoms with E-state index in [9.17, 15) is 0 Å². The summed E-state index contributed by atoms with van der Waals surface area (Å²) in [4.78, 5) is 0. The van der Waals surface area contributed by atoms with Crippen LogP contribution in [0.4, 0.5) is 0 Å². The lowest BCUT2D eigenvalue weighted by molar-refractivity contribution is 0.0264. The van der Waals surface area contributed by atoms with Gasteiger partial charge >= 0.3 is 0 Å². The average Bonchev–Trinajstić information content (AvgIpc) is 3.03. The van der Waals surface area contributed by atoms with Gasteiger partial charge in [-0.25, -0.2) is 0 Å². The van der Waals surface area contributed by atoms with Crippen molar-refractivity contribution in [2.75, 3.05) is 0 Å². The number of hydrogen-bond donors (Lipinski definition) is 0. The second kappa shape index (κ2) is 11.8. The Morgan fingerprint density at radius 3 is 1.83 bits per heavy atom. The van der Waals surface area contributed by atoms with E-state index in [2.05, 4.69) is 19.2 Å². The lowest BCUT2D eigenvalue weighted by Gasteiger charge is -2.30. The Hall–Kier alpha value is -0.700. The van der Waals surface area contributed by atoms with Crippen LogP contribution < -0.4 is 9.47 Å². The molecule has 0 fully saturated rings. The van der Waals surface area contributed by atoms with Crippen LogP contribution in [0.3, 0.4) is 0 Å². The van der Waals surface area contributed by atoms with Gasteiger partial charge in [-0.2, -0.15) is 0 Å². The number of ether oxygens (including phenoxy) is 2. The molecule has 1 aliphatic rings. The first-order valence-corrected chi connectivity index (χ1v) is 11.1. The Morgan fingerprint density at radius 1 is 0.750 bits per heavy atom. The molecule has 24 heavy (non-hydrogen) atoms. The molecule has 2 nitrogen and oxygen atoms in total. The number of hydrogen-bond acceptors (Lipinski definition) is 3. The van der Waals surface area contributed by atoms with Crippen molar-refractivity contribution in [3.05, 3.63) is 10.8 Å². The third-order valence-corrected chi connectivity index (χ3v) is 5.75. The van der Waals surface area contributed by atoms with Gasteiger partial charge in [0, 0.05) is 10.8 Å². The van der Waals surface area contributed by atoms with Crippen LogP contribution >= 0.6 is 11.3 Å². The van der Waals surface area contributed by atoms with Crippen LogP contribution in [0.15, 0.2) is 10.8 Å². The highest BCUT2D eigenvalue weighted by Gasteiger charge is 2.28. The molecule has 0 radical (unpaired) electrons. The largest absolute Gasteiger partial charge is 0.482 e. The fraction of sp³-hybridized carbons (Fsp3) is 0.810. The summed E-state index contributed by atoms with van der Waals surface area (Å²) in [6, 6.07) is 0. The summed E-state index contributed by atoms with van der Waals surface area (Å²) >= 11 is 1.66. The van der Waals surface area contributed by atoms with E-state index in [1.54, 1.807) is 11.3 Å². The summed E-state index contributed by atoms with van der Waals surface area (Å²) in [5.41, 5.74) is 0. The topological polar surface area (TPSA) is 18.5 Å². The van der Waals surface area contributed by atoms with Gasteiger partial charge in [0.25, 0.3) is 0 Å². The van der Waals surface area contributed by atoms with Crippen molar-refractivity contribution in [3.63, 3.8) is 0 Å². The molecule has 0 bridgehead atoms. The van der Waals surface area contributed by atoms with Crippen molar-refractivity contribution in [1.29, 1.82) is 0 Å². The zero-order chi connectivity index (χ0) is 17.0. The molecule has 2 heterocycles. The van der Waals surface area contributed by atoms with Crippen molar-refractivity contribution in [3.8, 4) is 11.5 Å². The van der Waals surface area contributed by atoms with Crippen LogP contribution in [0.1, 0.15) is 97.3 Å². The molecule has 1 aromatic heterocycles. The number of unbranched alkanes of at least 4 members (excludes halogenated alkanes) is 11. The SMILES string of the molecule is CCCCCCCCCCCCCCC1Oc2cscc2OC1C. The minimum absolute atomic E-state index is 0.180. The maximum atomic E-state index is 6.07. The molecule has 2 rings (SSSR count). The number of rotatable bonds is 13. The monoisotopic (exact) mass is 352 g/mol. The van der Waals surface area contributed by atoms with Crippen LogP contribution in [0, 0.1) is 0 Å². The highest BCUT2D eigenvalue weighted by Crippen LogP contribution is 2.38. The molecule has 2 unspecified atom stereocenters. The Balaban J connectivity index is 1.41. The first-order chi connectivity index (χ1) is 11.8. The molecule has 0 saturated carbocycles. The molecule has 0 amide bonds. The van der Waals surface area contributed by atoms with E-state index < -0.39 is 0 Å².